The van der Waals surface area contributed by atoms with Crippen LogP contribution in [0.5, 0.6) is 0 Å². The molecule has 1 atom stereocenters. The van der Waals surface area contributed by atoms with Gasteiger partial charge < -0.3 is 15.9 Å². The molecule has 0 amide bonds. The third kappa shape index (κ3) is 3.31. The van der Waals surface area contributed by atoms with Crippen molar-refractivity contribution in [3.05, 3.63) is 0 Å². The summed E-state index contributed by atoms with van der Waals surface area (Å²) in [5.41, 5.74) is 6.62. The molecular weight excluding hydrogens is 213 g/mol. The fourth-order valence-corrected chi connectivity index (χ4v) is 1.21. The molecule has 1 fully saturated rings. The first kappa shape index (κ1) is 15.4. The summed E-state index contributed by atoms with van der Waals surface area (Å²) in [5.74, 6) is 0. The molecule has 6 heteroatoms. The largest absolute Gasteiger partial charge is 0.399 e. The molecule has 80 valence electrons. The summed E-state index contributed by atoms with van der Waals surface area (Å²) >= 11 is 0. The van der Waals surface area contributed by atoms with E-state index in [1.807, 2.05) is 0 Å². The number of nitrogens with one attached hydrogen (secondary N) is 1. The Morgan fingerprint density at radius 3 is 2.69 bits per heavy atom. The van der Waals surface area contributed by atoms with Gasteiger partial charge in [0.1, 0.15) is 7.11 Å². The van der Waals surface area contributed by atoms with Crippen LogP contribution in [-0.2, 0) is 4.84 Å². The number of nitrogens with zero attached hydrogens (tertiary/aromatic N) is 1. The third-order valence-electron chi connectivity index (χ3n) is 2.16. The summed E-state index contributed by atoms with van der Waals surface area (Å²) < 4.78 is 0. The average molecular weight is 230 g/mol. The summed E-state index contributed by atoms with van der Waals surface area (Å²) in [6.07, 6.45) is 0. The van der Waals surface area contributed by atoms with Gasteiger partial charge in [0.15, 0.2) is 0 Å². The van der Waals surface area contributed by atoms with Crippen LogP contribution in [0.1, 0.15) is 6.92 Å². The van der Waals surface area contributed by atoms with E-state index in [9.17, 15) is 0 Å². The lowest BCUT2D eigenvalue weighted by atomic mass is 9.88. The smallest absolute Gasteiger partial charge is 0.106 e. The van der Waals surface area contributed by atoms with E-state index in [-0.39, 0.29) is 30.2 Å². The number of halogens is 2. The second kappa shape index (κ2) is 6.43. The normalized spacial score (nSPS) is 29.3. The molecule has 0 bridgehead atoms. The number of rotatable bonds is 2. The quantitative estimate of drug-likeness (QED) is 0.675. The molecule has 0 aromatic heterocycles. The summed E-state index contributed by atoms with van der Waals surface area (Å²) in [4.78, 5) is 4.72. The standard InChI is InChI=1S/C7H15N3O.2ClH/c1-7(4-8)5-9-3-6(7)10-11-2;;/h9H,3-5,8H2,1-2H3;2*1H. The highest BCUT2D eigenvalue weighted by molar-refractivity contribution is 5.93. The highest BCUT2D eigenvalue weighted by Gasteiger charge is 2.34. The van der Waals surface area contributed by atoms with Gasteiger partial charge in [-0.3, -0.25) is 0 Å². The van der Waals surface area contributed by atoms with Crippen molar-refractivity contribution in [1.82, 2.24) is 5.32 Å². The zero-order valence-corrected chi connectivity index (χ0v) is 9.50. The Bertz CT molecular complexity index is 177. The third-order valence-corrected chi connectivity index (χ3v) is 2.16. The Labute approximate surface area is 91.1 Å². The SMILES string of the molecule is CON=C1CNCC1(C)CN.Cl.Cl. The Kier molecular flexibility index (Phi) is 7.64. The molecule has 1 heterocycles. The van der Waals surface area contributed by atoms with Crippen LogP contribution < -0.4 is 11.1 Å². The molecule has 0 aliphatic carbocycles. The van der Waals surface area contributed by atoms with Gasteiger partial charge in [0.25, 0.3) is 0 Å². The van der Waals surface area contributed by atoms with E-state index in [1.54, 1.807) is 7.11 Å². The van der Waals surface area contributed by atoms with Crippen molar-refractivity contribution in [1.29, 1.82) is 0 Å². The maximum absolute atomic E-state index is 5.61. The highest BCUT2D eigenvalue weighted by Crippen LogP contribution is 2.20. The average Bonchev–Trinajstić information content (AvgIpc) is 2.35. The van der Waals surface area contributed by atoms with Crippen LogP contribution in [0.15, 0.2) is 5.16 Å². The second-order valence-corrected chi connectivity index (χ2v) is 3.09. The van der Waals surface area contributed by atoms with E-state index >= 15 is 0 Å². The van der Waals surface area contributed by atoms with Gasteiger partial charge in [0.2, 0.25) is 0 Å². The van der Waals surface area contributed by atoms with Crippen LogP contribution >= 0.6 is 24.8 Å². The maximum atomic E-state index is 5.61. The van der Waals surface area contributed by atoms with Crippen LogP contribution in [0.2, 0.25) is 0 Å². The van der Waals surface area contributed by atoms with Crippen LogP contribution in [0.3, 0.4) is 0 Å². The number of oxime groups is 1. The molecule has 0 saturated carbocycles. The molecule has 0 aromatic carbocycles. The lowest BCUT2D eigenvalue weighted by molar-refractivity contribution is 0.209. The van der Waals surface area contributed by atoms with Crippen LogP contribution in [0.25, 0.3) is 0 Å². The number of hydrogen-bond donors (Lipinski definition) is 2. The van der Waals surface area contributed by atoms with E-state index in [2.05, 4.69) is 17.4 Å². The van der Waals surface area contributed by atoms with Crippen molar-refractivity contribution in [3.63, 3.8) is 0 Å². The van der Waals surface area contributed by atoms with Gasteiger partial charge in [-0.2, -0.15) is 0 Å². The lowest BCUT2D eigenvalue weighted by Crippen LogP contribution is -2.35. The van der Waals surface area contributed by atoms with Crippen LogP contribution in [0.4, 0.5) is 0 Å². The molecule has 0 aromatic rings. The van der Waals surface area contributed by atoms with E-state index in [0.29, 0.717) is 6.54 Å². The van der Waals surface area contributed by atoms with Crippen LogP contribution in [-0.4, -0.2) is 32.5 Å². The molecular formula is C7H17Cl2N3O. The topological polar surface area (TPSA) is 59.6 Å². The summed E-state index contributed by atoms with van der Waals surface area (Å²) in [7, 11) is 1.56. The zero-order chi connectivity index (χ0) is 8.32. The Morgan fingerprint density at radius 1 is 1.62 bits per heavy atom. The minimum atomic E-state index is -0.00396. The Balaban J connectivity index is 0. The van der Waals surface area contributed by atoms with Gasteiger partial charge >= 0.3 is 0 Å². The summed E-state index contributed by atoms with van der Waals surface area (Å²) in [6.45, 7) is 4.39. The fraction of sp³-hybridized carbons (Fsp3) is 0.857. The fourth-order valence-electron chi connectivity index (χ4n) is 1.21. The Hall–Kier alpha value is -0.0300. The van der Waals surface area contributed by atoms with E-state index < -0.39 is 0 Å². The maximum Gasteiger partial charge on any atom is 0.106 e. The molecule has 4 nitrogen and oxygen atoms in total. The van der Waals surface area contributed by atoms with Crippen LogP contribution in [0, 0.1) is 5.41 Å². The van der Waals surface area contributed by atoms with Crippen molar-refractivity contribution < 1.29 is 4.84 Å². The molecule has 1 rings (SSSR count). The van der Waals surface area contributed by atoms with Gasteiger partial charge in [0.05, 0.1) is 5.71 Å². The molecule has 3 N–H and O–H groups in total. The zero-order valence-electron chi connectivity index (χ0n) is 7.87. The summed E-state index contributed by atoms with van der Waals surface area (Å²) in [5, 5.41) is 7.13. The molecule has 1 aliphatic heterocycles. The van der Waals surface area contributed by atoms with Crippen molar-refractivity contribution in [3.8, 4) is 0 Å². The first-order chi connectivity index (χ1) is 5.23. The van der Waals surface area contributed by atoms with Crippen molar-refractivity contribution in [2.45, 2.75) is 6.92 Å². The van der Waals surface area contributed by atoms with Crippen molar-refractivity contribution in [2.75, 3.05) is 26.7 Å². The monoisotopic (exact) mass is 229 g/mol. The van der Waals surface area contributed by atoms with E-state index in [4.69, 9.17) is 10.6 Å². The molecule has 1 unspecified atom stereocenters. The number of nitrogens with two attached hydrogens (primary N) is 1. The first-order valence-electron chi connectivity index (χ1n) is 3.74. The van der Waals surface area contributed by atoms with Gasteiger partial charge in [-0.1, -0.05) is 12.1 Å². The minimum Gasteiger partial charge on any atom is -0.399 e. The molecule has 1 aliphatic rings. The van der Waals surface area contributed by atoms with Crippen molar-refractivity contribution >= 4 is 30.5 Å². The molecule has 1 saturated heterocycles. The minimum absolute atomic E-state index is 0. The summed E-state index contributed by atoms with van der Waals surface area (Å²) in [6, 6.07) is 0. The predicted molar refractivity (Wildman–Crippen MR) is 59.0 cm³/mol. The van der Waals surface area contributed by atoms with Gasteiger partial charge in [-0.15, -0.1) is 24.8 Å². The van der Waals surface area contributed by atoms with Gasteiger partial charge in [-0.05, 0) is 0 Å². The molecule has 0 spiro atoms. The predicted octanol–water partition coefficient (Wildman–Crippen LogP) is 0.401. The Morgan fingerprint density at radius 2 is 2.23 bits per heavy atom. The van der Waals surface area contributed by atoms with E-state index in [0.717, 1.165) is 18.8 Å². The number of hydrogen-bond acceptors (Lipinski definition) is 4. The molecule has 13 heavy (non-hydrogen) atoms. The lowest BCUT2D eigenvalue weighted by Gasteiger charge is -2.19. The van der Waals surface area contributed by atoms with Crippen molar-refractivity contribution in [2.24, 2.45) is 16.3 Å². The highest BCUT2D eigenvalue weighted by atomic mass is 35.5. The second-order valence-electron chi connectivity index (χ2n) is 3.09. The first-order valence-corrected chi connectivity index (χ1v) is 3.74. The van der Waals surface area contributed by atoms with E-state index in [1.165, 1.54) is 0 Å². The van der Waals surface area contributed by atoms with Gasteiger partial charge in [0, 0.05) is 25.0 Å². The molecule has 0 radical (unpaired) electrons. The van der Waals surface area contributed by atoms with Gasteiger partial charge in [-0.25, -0.2) is 0 Å².